The predicted octanol–water partition coefficient (Wildman–Crippen LogP) is 3.51. The Morgan fingerprint density at radius 1 is 1.08 bits per heavy atom. The van der Waals surface area contributed by atoms with Gasteiger partial charge in [-0.15, -0.1) is 0 Å². The van der Waals surface area contributed by atoms with Crippen molar-refractivity contribution in [2.75, 3.05) is 48.6 Å². The Labute approximate surface area is 208 Å². The summed E-state index contributed by atoms with van der Waals surface area (Å²) in [5.41, 5.74) is 9.40. The maximum absolute atomic E-state index is 14.2. The number of morpholine rings is 1. The quantitative estimate of drug-likeness (QED) is 0.426. The van der Waals surface area contributed by atoms with Crippen LogP contribution in [0.2, 0.25) is 0 Å². The monoisotopic (exact) mass is 493 g/mol. The Bertz CT molecular complexity index is 1210. The molecule has 2 saturated heterocycles. The maximum atomic E-state index is 14.2. The molecule has 0 radical (unpaired) electrons. The van der Waals surface area contributed by atoms with Crippen molar-refractivity contribution in [3.8, 4) is 0 Å². The van der Waals surface area contributed by atoms with Crippen molar-refractivity contribution in [1.29, 1.82) is 0 Å². The zero-order chi connectivity index (χ0) is 24.9. The molecule has 0 spiro atoms. The second kappa shape index (κ2) is 10.8. The smallest absolute Gasteiger partial charge is 0.288 e. The second-order valence-corrected chi connectivity index (χ2v) is 8.67. The summed E-state index contributed by atoms with van der Waals surface area (Å²) >= 11 is 0. The Balaban J connectivity index is 1.17. The highest BCUT2D eigenvalue weighted by molar-refractivity contribution is 5.93. The molecule has 2 aliphatic heterocycles. The number of rotatable bonds is 7. The van der Waals surface area contributed by atoms with Crippen LogP contribution in [0.1, 0.15) is 40.6 Å². The summed E-state index contributed by atoms with van der Waals surface area (Å²) in [4.78, 5) is 26.6. The van der Waals surface area contributed by atoms with Crippen LogP contribution >= 0.6 is 0 Å². The molecule has 4 heterocycles. The molecule has 2 aliphatic rings. The van der Waals surface area contributed by atoms with E-state index in [1.54, 1.807) is 23.2 Å². The molecule has 11 heteroatoms. The number of aromatic nitrogens is 3. The van der Waals surface area contributed by atoms with Crippen LogP contribution in [-0.4, -0.2) is 53.8 Å². The largest absolute Gasteiger partial charge is 0.378 e. The summed E-state index contributed by atoms with van der Waals surface area (Å²) in [6.07, 6.45) is 4.98. The van der Waals surface area contributed by atoms with Crippen molar-refractivity contribution in [1.82, 2.24) is 20.4 Å². The van der Waals surface area contributed by atoms with Crippen LogP contribution in [0.4, 0.5) is 27.5 Å². The molecule has 2 fully saturated rings. The van der Waals surface area contributed by atoms with Gasteiger partial charge in [0.1, 0.15) is 5.69 Å². The highest BCUT2D eigenvalue weighted by Gasteiger charge is 2.20. The van der Waals surface area contributed by atoms with E-state index in [4.69, 9.17) is 9.47 Å². The fraction of sp³-hybridized carbons (Fsp3) is 0.360. The first kappa shape index (κ1) is 23.9. The molecule has 1 atom stereocenters. The molecule has 0 aliphatic carbocycles. The van der Waals surface area contributed by atoms with Crippen molar-refractivity contribution >= 4 is 29.0 Å². The van der Waals surface area contributed by atoms with E-state index in [1.807, 2.05) is 6.07 Å². The van der Waals surface area contributed by atoms with Gasteiger partial charge in [-0.1, -0.05) is 6.07 Å². The number of nitrogens with zero attached hydrogens (tertiary/aromatic N) is 4. The van der Waals surface area contributed by atoms with Gasteiger partial charge < -0.3 is 19.7 Å². The summed E-state index contributed by atoms with van der Waals surface area (Å²) in [6, 6.07) is 9.57. The van der Waals surface area contributed by atoms with Gasteiger partial charge in [0.05, 0.1) is 37.4 Å². The Morgan fingerprint density at radius 3 is 2.64 bits per heavy atom. The van der Waals surface area contributed by atoms with Crippen molar-refractivity contribution in [2.45, 2.75) is 25.9 Å². The molecule has 1 unspecified atom stereocenters. The summed E-state index contributed by atoms with van der Waals surface area (Å²) in [5, 5.41) is 3.31. The van der Waals surface area contributed by atoms with Gasteiger partial charge in [-0.05, 0) is 55.2 Å². The molecule has 2 aromatic heterocycles. The minimum atomic E-state index is -0.532. The average Bonchev–Trinajstić information content (AvgIpc) is 3.44. The van der Waals surface area contributed by atoms with E-state index in [1.165, 1.54) is 11.1 Å². The van der Waals surface area contributed by atoms with Gasteiger partial charge in [0.2, 0.25) is 5.95 Å². The molecule has 36 heavy (non-hydrogen) atoms. The number of hydrogen-bond acceptors (Lipinski definition) is 9. The topological polar surface area (TPSA) is 114 Å². The molecule has 188 valence electrons. The number of ether oxygens (including phenoxy) is 2. The number of carbonyl (C=O) groups is 1. The molecule has 3 N–H and O–H groups in total. The van der Waals surface area contributed by atoms with Crippen LogP contribution in [0.15, 0.2) is 42.7 Å². The first-order valence-electron chi connectivity index (χ1n) is 11.9. The first-order chi connectivity index (χ1) is 17.6. The number of nitrogens with one attached hydrogen (secondary N) is 3. The van der Waals surface area contributed by atoms with Crippen LogP contribution < -0.4 is 21.1 Å². The number of carbonyl (C=O) groups excluding carboxylic acids is 1. The van der Waals surface area contributed by atoms with Gasteiger partial charge in [0, 0.05) is 25.4 Å². The molecule has 10 nitrogen and oxygen atoms in total. The molecule has 5 rings (SSSR count). The molecule has 3 aromatic rings. The third kappa shape index (κ3) is 5.52. The standard InChI is InChI=1S/C25H28FN7O3/c1-16-13-17(4-6-19(16)22-3-2-10-36-22)29-18-5-7-21(27-14-18)24(34)31-32-25-28-15-20(26)23(30-25)33-8-11-35-12-9-33/h4-7,13-15,22,29H,2-3,8-12H2,1H3,(H,31,34)(H,28,30,32). The van der Waals surface area contributed by atoms with Gasteiger partial charge in [0.25, 0.3) is 5.91 Å². The van der Waals surface area contributed by atoms with Crippen LogP contribution in [0.3, 0.4) is 0 Å². The first-order valence-corrected chi connectivity index (χ1v) is 11.9. The highest BCUT2D eigenvalue weighted by Crippen LogP contribution is 2.32. The van der Waals surface area contributed by atoms with E-state index in [-0.39, 0.29) is 23.6 Å². The fourth-order valence-electron chi connectivity index (χ4n) is 4.30. The Morgan fingerprint density at radius 2 is 1.92 bits per heavy atom. The molecule has 1 aromatic carbocycles. The fourth-order valence-corrected chi connectivity index (χ4v) is 4.30. The van der Waals surface area contributed by atoms with Crippen molar-refractivity contribution in [3.05, 3.63) is 65.4 Å². The number of hydrogen-bond donors (Lipinski definition) is 3. The van der Waals surface area contributed by atoms with Crippen LogP contribution in [-0.2, 0) is 9.47 Å². The molecule has 0 saturated carbocycles. The summed E-state index contributed by atoms with van der Waals surface area (Å²) < 4.78 is 25.3. The maximum Gasteiger partial charge on any atom is 0.288 e. The predicted molar refractivity (Wildman–Crippen MR) is 133 cm³/mol. The van der Waals surface area contributed by atoms with E-state index >= 15 is 0 Å². The lowest BCUT2D eigenvalue weighted by atomic mass is 10.0. The van der Waals surface area contributed by atoms with Gasteiger partial charge in [-0.25, -0.2) is 14.4 Å². The molecule has 1 amide bonds. The van der Waals surface area contributed by atoms with E-state index in [9.17, 15) is 9.18 Å². The SMILES string of the molecule is Cc1cc(Nc2ccc(C(=O)NNc3ncc(F)c(N4CCOCC4)n3)nc2)ccc1C1CCCO1. The van der Waals surface area contributed by atoms with Gasteiger partial charge >= 0.3 is 0 Å². The van der Waals surface area contributed by atoms with Crippen molar-refractivity contribution < 1.29 is 18.7 Å². The number of amides is 1. The van der Waals surface area contributed by atoms with E-state index in [0.29, 0.717) is 26.3 Å². The van der Waals surface area contributed by atoms with Crippen LogP contribution in [0.5, 0.6) is 0 Å². The zero-order valence-electron chi connectivity index (χ0n) is 20.0. The zero-order valence-corrected chi connectivity index (χ0v) is 20.0. The number of anilines is 4. The van der Waals surface area contributed by atoms with E-state index in [0.717, 1.165) is 37.0 Å². The third-order valence-electron chi connectivity index (χ3n) is 6.16. The van der Waals surface area contributed by atoms with Gasteiger partial charge in [0.15, 0.2) is 11.6 Å². The second-order valence-electron chi connectivity index (χ2n) is 8.67. The number of benzene rings is 1. The number of hydrazine groups is 1. The Hall–Kier alpha value is -3.83. The minimum Gasteiger partial charge on any atom is -0.378 e. The molecule has 0 bridgehead atoms. The normalized spacial score (nSPS) is 17.6. The van der Waals surface area contributed by atoms with Crippen molar-refractivity contribution in [3.63, 3.8) is 0 Å². The van der Waals surface area contributed by atoms with E-state index in [2.05, 4.69) is 50.2 Å². The average molecular weight is 494 g/mol. The van der Waals surface area contributed by atoms with Gasteiger partial charge in [-0.3, -0.25) is 15.6 Å². The summed E-state index contributed by atoms with van der Waals surface area (Å²) in [5.74, 6) is -0.765. The van der Waals surface area contributed by atoms with E-state index < -0.39 is 11.7 Å². The highest BCUT2D eigenvalue weighted by atomic mass is 19.1. The van der Waals surface area contributed by atoms with Crippen molar-refractivity contribution in [2.24, 2.45) is 0 Å². The number of aryl methyl sites for hydroxylation is 1. The third-order valence-corrected chi connectivity index (χ3v) is 6.16. The molecular formula is C25H28FN7O3. The lowest BCUT2D eigenvalue weighted by Crippen LogP contribution is -2.38. The summed E-state index contributed by atoms with van der Waals surface area (Å²) in [6.45, 7) is 4.96. The number of halogens is 1. The summed E-state index contributed by atoms with van der Waals surface area (Å²) in [7, 11) is 0. The van der Waals surface area contributed by atoms with Crippen LogP contribution in [0.25, 0.3) is 0 Å². The molecular weight excluding hydrogens is 465 g/mol. The number of pyridine rings is 1. The Kier molecular flexibility index (Phi) is 7.19. The minimum absolute atomic E-state index is 0.0753. The lowest BCUT2D eigenvalue weighted by molar-refractivity contribution is 0.0957. The van der Waals surface area contributed by atoms with Gasteiger partial charge in [-0.2, -0.15) is 4.98 Å². The van der Waals surface area contributed by atoms with Crippen LogP contribution in [0, 0.1) is 12.7 Å². The lowest BCUT2D eigenvalue weighted by Gasteiger charge is -2.28.